The van der Waals surface area contributed by atoms with Gasteiger partial charge in [0.05, 0.1) is 10.7 Å². The highest BCUT2D eigenvalue weighted by Crippen LogP contribution is 2.25. The van der Waals surface area contributed by atoms with E-state index in [-0.39, 0.29) is 5.91 Å². The molecule has 1 amide bonds. The number of rotatable bonds is 5. The molecule has 138 valence electrons. The Bertz CT molecular complexity index is 773. The van der Waals surface area contributed by atoms with Crippen LogP contribution in [-0.4, -0.2) is 38.6 Å². The van der Waals surface area contributed by atoms with Crippen molar-refractivity contribution in [1.82, 2.24) is 0 Å². The van der Waals surface area contributed by atoms with Crippen LogP contribution in [0.1, 0.15) is 11.1 Å². The first kappa shape index (κ1) is 19.2. The number of carbonyl (C=O) groups is 1. The lowest BCUT2D eigenvalue weighted by Crippen LogP contribution is -3.28. The van der Waals surface area contributed by atoms with Gasteiger partial charge in [-0.25, -0.2) is 0 Å². The molecule has 0 bridgehead atoms. The molecule has 3 rings (SSSR count). The van der Waals surface area contributed by atoms with E-state index in [1.165, 1.54) is 16.0 Å². The van der Waals surface area contributed by atoms with Crippen LogP contribution in [-0.2, 0) is 11.3 Å². The Morgan fingerprint density at radius 1 is 1.04 bits per heavy atom. The molecule has 0 radical (unpaired) electrons. The van der Waals surface area contributed by atoms with Crippen molar-refractivity contribution in [3.8, 4) is 0 Å². The van der Waals surface area contributed by atoms with Crippen molar-refractivity contribution in [3.05, 3.63) is 63.6 Å². The van der Waals surface area contributed by atoms with Crippen LogP contribution >= 0.6 is 23.2 Å². The molecule has 1 aliphatic heterocycles. The summed E-state index contributed by atoms with van der Waals surface area (Å²) in [5.41, 5.74) is 3.35. The predicted octanol–water partition coefficient (Wildman–Crippen LogP) is 1.22. The topological polar surface area (TPSA) is 38.0 Å². The van der Waals surface area contributed by atoms with Crippen LogP contribution in [0.4, 0.5) is 5.69 Å². The highest BCUT2D eigenvalue weighted by atomic mass is 35.5. The normalized spacial score (nSPS) is 20.0. The van der Waals surface area contributed by atoms with Gasteiger partial charge < -0.3 is 15.1 Å². The Hall–Kier alpha value is -1.59. The van der Waals surface area contributed by atoms with Gasteiger partial charge in [0, 0.05) is 10.6 Å². The van der Waals surface area contributed by atoms with Crippen molar-refractivity contribution >= 4 is 34.8 Å². The summed E-state index contributed by atoms with van der Waals surface area (Å²) in [6.45, 7) is 7.84. The van der Waals surface area contributed by atoms with Gasteiger partial charge in [0.25, 0.3) is 5.91 Å². The summed E-state index contributed by atoms with van der Waals surface area (Å²) in [6.07, 6.45) is 0. The number of anilines is 1. The molecule has 4 nitrogen and oxygen atoms in total. The summed E-state index contributed by atoms with van der Waals surface area (Å²) >= 11 is 12.1. The van der Waals surface area contributed by atoms with Crippen molar-refractivity contribution in [2.75, 3.05) is 38.0 Å². The third-order valence-corrected chi connectivity index (χ3v) is 5.54. The van der Waals surface area contributed by atoms with Crippen molar-refractivity contribution in [2.24, 2.45) is 0 Å². The molecule has 1 heterocycles. The average Bonchev–Trinajstić information content (AvgIpc) is 2.62. The molecule has 1 fully saturated rings. The lowest BCUT2D eigenvalue weighted by Gasteiger charge is -2.29. The summed E-state index contributed by atoms with van der Waals surface area (Å²) in [5.74, 6) is -0.0217. The molecule has 3 N–H and O–H groups in total. The highest BCUT2D eigenvalue weighted by molar-refractivity contribution is 6.35. The zero-order chi connectivity index (χ0) is 18.5. The number of halogens is 2. The van der Waals surface area contributed by atoms with E-state index in [0.717, 1.165) is 32.7 Å². The highest BCUT2D eigenvalue weighted by Gasteiger charge is 2.25. The summed E-state index contributed by atoms with van der Waals surface area (Å²) in [6, 6.07) is 13.7. The Morgan fingerprint density at radius 3 is 2.46 bits per heavy atom. The van der Waals surface area contributed by atoms with Crippen LogP contribution in [0.3, 0.4) is 0 Å². The van der Waals surface area contributed by atoms with Gasteiger partial charge in [-0.2, -0.15) is 0 Å². The molecular formula is C20H25Cl2N3O+2. The largest absolute Gasteiger partial charge is 0.322 e. The van der Waals surface area contributed by atoms with Crippen molar-refractivity contribution < 1.29 is 14.6 Å². The van der Waals surface area contributed by atoms with E-state index < -0.39 is 0 Å². The summed E-state index contributed by atoms with van der Waals surface area (Å²) in [5, 5.41) is 3.94. The monoisotopic (exact) mass is 393 g/mol. The number of amides is 1. The third kappa shape index (κ3) is 5.21. The number of hydrogen-bond donors (Lipinski definition) is 3. The molecule has 0 aromatic heterocycles. The molecule has 0 unspecified atom stereocenters. The third-order valence-electron chi connectivity index (χ3n) is 4.98. The maximum atomic E-state index is 12.3. The van der Waals surface area contributed by atoms with Crippen LogP contribution in [0.5, 0.6) is 0 Å². The van der Waals surface area contributed by atoms with Gasteiger partial charge in [-0.1, -0.05) is 47.5 Å². The van der Waals surface area contributed by atoms with E-state index in [9.17, 15) is 4.79 Å². The Balaban J connectivity index is 1.47. The Kier molecular flexibility index (Phi) is 6.54. The maximum Gasteiger partial charge on any atom is 0.279 e. The minimum atomic E-state index is -0.0217. The fraction of sp³-hybridized carbons (Fsp3) is 0.350. The van der Waals surface area contributed by atoms with Crippen molar-refractivity contribution in [1.29, 1.82) is 0 Å². The standard InChI is InChI=1S/C20H23Cl2N3O/c1-15-4-2-3-5-16(15)13-24-8-10-25(11-9-24)14-20(26)23-19-12-17(21)6-7-18(19)22/h2-7,12H,8-11,13-14H2,1H3,(H,23,26)/p+2. The van der Waals surface area contributed by atoms with E-state index in [0.29, 0.717) is 22.3 Å². The second kappa shape index (κ2) is 8.87. The molecular weight excluding hydrogens is 369 g/mol. The molecule has 26 heavy (non-hydrogen) atoms. The van der Waals surface area contributed by atoms with Gasteiger partial charge in [-0.15, -0.1) is 0 Å². The number of quaternary nitrogens is 2. The smallest absolute Gasteiger partial charge is 0.279 e. The zero-order valence-electron chi connectivity index (χ0n) is 14.9. The van der Waals surface area contributed by atoms with Gasteiger partial charge in [-0.3, -0.25) is 4.79 Å². The fourth-order valence-electron chi connectivity index (χ4n) is 3.40. The number of benzene rings is 2. The van der Waals surface area contributed by atoms with Crippen LogP contribution in [0.25, 0.3) is 0 Å². The quantitative estimate of drug-likeness (QED) is 0.701. The molecule has 2 aromatic carbocycles. The van der Waals surface area contributed by atoms with E-state index >= 15 is 0 Å². The van der Waals surface area contributed by atoms with Crippen LogP contribution in [0.15, 0.2) is 42.5 Å². The SMILES string of the molecule is Cc1ccccc1C[NH+]1CC[NH+](CC(=O)Nc2cc(Cl)ccc2Cl)CC1. The number of piperazine rings is 1. The number of nitrogens with one attached hydrogen (secondary N) is 3. The Labute approximate surface area is 164 Å². The van der Waals surface area contributed by atoms with Gasteiger partial charge >= 0.3 is 0 Å². The van der Waals surface area contributed by atoms with Crippen molar-refractivity contribution in [2.45, 2.75) is 13.5 Å². The fourth-order valence-corrected chi connectivity index (χ4v) is 3.74. The molecule has 0 aliphatic carbocycles. The number of aryl methyl sites for hydroxylation is 1. The lowest BCUT2D eigenvalue weighted by atomic mass is 10.1. The molecule has 1 aliphatic rings. The predicted molar refractivity (Wildman–Crippen MR) is 106 cm³/mol. The van der Waals surface area contributed by atoms with Gasteiger partial charge in [0.1, 0.15) is 32.7 Å². The molecule has 0 saturated carbocycles. The minimum absolute atomic E-state index is 0.0217. The van der Waals surface area contributed by atoms with Crippen LogP contribution in [0, 0.1) is 6.92 Å². The lowest BCUT2D eigenvalue weighted by molar-refractivity contribution is -1.02. The van der Waals surface area contributed by atoms with E-state index in [1.807, 2.05) is 0 Å². The first-order valence-corrected chi connectivity index (χ1v) is 9.73. The van der Waals surface area contributed by atoms with Gasteiger partial charge in [0.15, 0.2) is 6.54 Å². The molecule has 2 aromatic rings. The summed E-state index contributed by atoms with van der Waals surface area (Å²) < 4.78 is 0. The first-order valence-electron chi connectivity index (χ1n) is 8.98. The number of hydrogen-bond acceptors (Lipinski definition) is 1. The maximum absolute atomic E-state index is 12.3. The second-order valence-corrected chi connectivity index (χ2v) is 7.80. The first-order chi connectivity index (χ1) is 12.5. The molecule has 6 heteroatoms. The van der Waals surface area contributed by atoms with Crippen LogP contribution < -0.4 is 15.1 Å². The van der Waals surface area contributed by atoms with Gasteiger partial charge in [0.2, 0.25) is 0 Å². The summed E-state index contributed by atoms with van der Waals surface area (Å²) in [4.78, 5) is 15.2. The molecule has 0 atom stereocenters. The van der Waals surface area contributed by atoms with E-state index in [1.54, 1.807) is 23.1 Å². The molecule has 0 spiro atoms. The Morgan fingerprint density at radius 2 is 1.73 bits per heavy atom. The molecule has 1 saturated heterocycles. The average molecular weight is 394 g/mol. The van der Waals surface area contributed by atoms with Gasteiger partial charge in [-0.05, 0) is 30.7 Å². The van der Waals surface area contributed by atoms with Crippen LogP contribution in [0.2, 0.25) is 10.0 Å². The minimum Gasteiger partial charge on any atom is -0.322 e. The second-order valence-electron chi connectivity index (χ2n) is 6.95. The van der Waals surface area contributed by atoms with E-state index in [2.05, 4.69) is 36.5 Å². The summed E-state index contributed by atoms with van der Waals surface area (Å²) in [7, 11) is 0. The van der Waals surface area contributed by atoms with Crippen molar-refractivity contribution in [3.63, 3.8) is 0 Å². The van der Waals surface area contributed by atoms with E-state index in [4.69, 9.17) is 23.2 Å². The number of carbonyl (C=O) groups excluding carboxylic acids is 1. The zero-order valence-corrected chi connectivity index (χ0v) is 16.5.